The number of nitrogens with zero attached hydrogens (tertiary/aromatic N) is 1. The summed E-state index contributed by atoms with van der Waals surface area (Å²) in [5.41, 5.74) is -0.0348. The van der Waals surface area contributed by atoms with E-state index < -0.39 is 11.7 Å². The Hall–Kier alpha value is -2.35. The summed E-state index contributed by atoms with van der Waals surface area (Å²) >= 11 is 0. The zero-order valence-electron chi connectivity index (χ0n) is 18.4. The van der Waals surface area contributed by atoms with Crippen LogP contribution in [0.25, 0.3) is 0 Å². The number of halogens is 1. The second kappa shape index (κ2) is 11.2. The van der Waals surface area contributed by atoms with Crippen LogP contribution in [-0.2, 0) is 16.1 Å². The number of amides is 2. The third kappa shape index (κ3) is 7.82. The molecule has 2 amide bonds. The molecule has 1 atom stereocenters. The first kappa shape index (κ1) is 23.9. The Balaban J connectivity index is 1.82. The van der Waals surface area contributed by atoms with E-state index in [1.165, 1.54) is 13.2 Å². The van der Waals surface area contributed by atoms with Gasteiger partial charge in [-0.05, 0) is 52.3 Å². The summed E-state index contributed by atoms with van der Waals surface area (Å²) in [5, 5.41) is 5.45. The summed E-state index contributed by atoms with van der Waals surface area (Å²) in [5.74, 6) is 0.145. The molecule has 0 aromatic heterocycles. The van der Waals surface area contributed by atoms with E-state index >= 15 is 0 Å². The van der Waals surface area contributed by atoms with Crippen molar-refractivity contribution >= 4 is 12.0 Å². The first-order chi connectivity index (χ1) is 14.2. The smallest absolute Gasteiger partial charge is 0.407 e. The lowest BCUT2D eigenvalue weighted by atomic mass is 9.98. The number of carbonyl (C=O) groups is 2. The standard InChI is InChI=1S/C22H34FN3O4/c1-22(2,3)30-21(28)25-12-11-24-20(27)14-16-8-5-6-13-26(16)15-17-18(23)9-7-10-19(17)29-4/h7,9-10,16H,5-6,8,11-15H2,1-4H3,(H,24,27)(H,25,28). The van der Waals surface area contributed by atoms with Crippen LogP contribution in [0.4, 0.5) is 9.18 Å². The van der Waals surface area contributed by atoms with Crippen LogP contribution in [0.3, 0.4) is 0 Å². The molecule has 1 heterocycles. The lowest BCUT2D eigenvalue weighted by Gasteiger charge is -2.35. The van der Waals surface area contributed by atoms with Crippen LogP contribution in [0.5, 0.6) is 5.75 Å². The van der Waals surface area contributed by atoms with Gasteiger partial charge in [0.1, 0.15) is 17.2 Å². The van der Waals surface area contributed by atoms with Gasteiger partial charge in [-0.2, -0.15) is 0 Å². The summed E-state index contributed by atoms with van der Waals surface area (Å²) < 4.78 is 24.8. The average Bonchev–Trinajstić information content (AvgIpc) is 2.67. The molecular formula is C22H34FN3O4. The van der Waals surface area contributed by atoms with Crippen molar-refractivity contribution in [1.82, 2.24) is 15.5 Å². The molecule has 30 heavy (non-hydrogen) atoms. The van der Waals surface area contributed by atoms with Gasteiger partial charge in [-0.3, -0.25) is 9.69 Å². The number of hydrogen-bond donors (Lipinski definition) is 2. The molecule has 168 valence electrons. The predicted molar refractivity (Wildman–Crippen MR) is 113 cm³/mol. The van der Waals surface area contributed by atoms with E-state index in [9.17, 15) is 14.0 Å². The first-order valence-corrected chi connectivity index (χ1v) is 10.5. The highest BCUT2D eigenvalue weighted by Crippen LogP contribution is 2.27. The van der Waals surface area contributed by atoms with Gasteiger partial charge in [0.05, 0.1) is 7.11 Å². The summed E-state index contributed by atoms with van der Waals surface area (Å²) in [4.78, 5) is 26.2. The van der Waals surface area contributed by atoms with E-state index in [0.29, 0.717) is 37.4 Å². The van der Waals surface area contributed by atoms with Gasteiger partial charge < -0.3 is 20.1 Å². The number of carbonyl (C=O) groups excluding carboxylic acids is 2. The molecular weight excluding hydrogens is 389 g/mol. The van der Waals surface area contributed by atoms with Crippen LogP contribution in [-0.4, -0.2) is 55.3 Å². The molecule has 0 aliphatic carbocycles. The Labute approximate surface area is 178 Å². The molecule has 1 fully saturated rings. The number of ether oxygens (including phenoxy) is 2. The fourth-order valence-corrected chi connectivity index (χ4v) is 3.55. The number of benzene rings is 1. The second-order valence-corrected chi connectivity index (χ2v) is 8.52. The highest BCUT2D eigenvalue weighted by molar-refractivity contribution is 5.76. The van der Waals surface area contributed by atoms with Crippen molar-refractivity contribution in [1.29, 1.82) is 0 Å². The molecule has 7 nitrogen and oxygen atoms in total. The van der Waals surface area contributed by atoms with E-state index in [1.807, 2.05) is 0 Å². The Bertz CT molecular complexity index is 721. The summed E-state index contributed by atoms with van der Waals surface area (Å²) in [6, 6.07) is 4.86. The minimum absolute atomic E-state index is 0.0434. The van der Waals surface area contributed by atoms with Crippen LogP contribution in [0.1, 0.15) is 52.0 Å². The molecule has 1 aromatic rings. The molecule has 2 N–H and O–H groups in total. The van der Waals surface area contributed by atoms with Crippen molar-refractivity contribution in [3.05, 3.63) is 29.6 Å². The normalized spacial score (nSPS) is 17.3. The molecule has 0 spiro atoms. The summed E-state index contributed by atoms with van der Waals surface area (Å²) in [7, 11) is 1.53. The zero-order valence-corrected chi connectivity index (χ0v) is 18.4. The number of piperidine rings is 1. The van der Waals surface area contributed by atoms with Crippen LogP contribution >= 0.6 is 0 Å². The van der Waals surface area contributed by atoms with Gasteiger partial charge in [-0.1, -0.05) is 12.5 Å². The third-order valence-electron chi connectivity index (χ3n) is 4.94. The van der Waals surface area contributed by atoms with Gasteiger partial charge in [-0.15, -0.1) is 0 Å². The quantitative estimate of drug-likeness (QED) is 0.628. The Morgan fingerprint density at radius 1 is 1.20 bits per heavy atom. The molecule has 1 aliphatic heterocycles. The Kier molecular flexibility index (Phi) is 8.89. The maximum absolute atomic E-state index is 14.3. The lowest BCUT2D eigenvalue weighted by molar-refractivity contribution is -0.122. The molecule has 1 unspecified atom stereocenters. The number of rotatable bonds is 8. The monoisotopic (exact) mass is 423 g/mol. The largest absolute Gasteiger partial charge is 0.496 e. The predicted octanol–water partition coefficient (Wildman–Crippen LogP) is 3.22. The number of likely N-dealkylation sites (tertiary alicyclic amines) is 1. The molecule has 1 saturated heterocycles. The van der Waals surface area contributed by atoms with Gasteiger partial charge in [0, 0.05) is 37.7 Å². The molecule has 1 aliphatic rings. The van der Waals surface area contributed by atoms with Crippen LogP contribution < -0.4 is 15.4 Å². The Morgan fingerprint density at radius 2 is 1.93 bits per heavy atom. The topological polar surface area (TPSA) is 79.9 Å². The minimum Gasteiger partial charge on any atom is -0.496 e. The summed E-state index contributed by atoms with van der Waals surface area (Å²) in [6.45, 7) is 7.22. The SMILES string of the molecule is COc1cccc(F)c1CN1CCCCC1CC(=O)NCCNC(=O)OC(C)(C)C. The lowest BCUT2D eigenvalue weighted by Crippen LogP contribution is -2.43. The molecule has 1 aromatic carbocycles. The van der Waals surface area contributed by atoms with Gasteiger partial charge >= 0.3 is 6.09 Å². The average molecular weight is 424 g/mol. The van der Waals surface area contributed by atoms with E-state index in [1.54, 1.807) is 32.9 Å². The van der Waals surface area contributed by atoms with Crippen LogP contribution in [0.2, 0.25) is 0 Å². The second-order valence-electron chi connectivity index (χ2n) is 8.52. The van der Waals surface area contributed by atoms with Gasteiger partial charge in [0.2, 0.25) is 5.91 Å². The van der Waals surface area contributed by atoms with Crippen molar-refractivity contribution in [2.45, 2.75) is 64.6 Å². The van der Waals surface area contributed by atoms with Crippen molar-refractivity contribution in [3.63, 3.8) is 0 Å². The first-order valence-electron chi connectivity index (χ1n) is 10.5. The fourth-order valence-electron chi connectivity index (χ4n) is 3.55. The number of methoxy groups -OCH3 is 1. The van der Waals surface area contributed by atoms with Gasteiger partial charge in [0.15, 0.2) is 0 Å². The van der Waals surface area contributed by atoms with Crippen LogP contribution in [0, 0.1) is 5.82 Å². The summed E-state index contributed by atoms with van der Waals surface area (Å²) in [6.07, 6.45) is 2.79. The van der Waals surface area contributed by atoms with Crippen LogP contribution in [0.15, 0.2) is 18.2 Å². The van der Waals surface area contributed by atoms with Crippen molar-refractivity contribution in [2.75, 3.05) is 26.7 Å². The maximum atomic E-state index is 14.3. The highest BCUT2D eigenvalue weighted by atomic mass is 19.1. The van der Waals surface area contributed by atoms with Crippen molar-refractivity contribution < 1.29 is 23.5 Å². The van der Waals surface area contributed by atoms with Gasteiger partial charge in [0.25, 0.3) is 0 Å². The van der Waals surface area contributed by atoms with E-state index in [4.69, 9.17) is 9.47 Å². The molecule has 2 rings (SSSR count). The van der Waals surface area contributed by atoms with E-state index in [2.05, 4.69) is 15.5 Å². The molecule has 8 heteroatoms. The van der Waals surface area contributed by atoms with E-state index in [-0.39, 0.29) is 17.8 Å². The number of nitrogens with one attached hydrogen (secondary N) is 2. The van der Waals surface area contributed by atoms with Crippen molar-refractivity contribution in [2.24, 2.45) is 0 Å². The third-order valence-corrected chi connectivity index (χ3v) is 4.94. The fraction of sp³-hybridized carbons (Fsp3) is 0.636. The van der Waals surface area contributed by atoms with Crippen molar-refractivity contribution in [3.8, 4) is 5.75 Å². The number of alkyl carbamates (subject to hydrolysis) is 1. The Morgan fingerprint density at radius 3 is 2.63 bits per heavy atom. The highest BCUT2D eigenvalue weighted by Gasteiger charge is 2.26. The molecule has 0 radical (unpaired) electrons. The maximum Gasteiger partial charge on any atom is 0.407 e. The van der Waals surface area contributed by atoms with E-state index in [0.717, 1.165) is 25.8 Å². The molecule has 0 bridgehead atoms. The molecule has 0 saturated carbocycles. The number of hydrogen-bond acceptors (Lipinski definition) is 5. The van der Waals surface area contributed by atoms with Gasteiger partial charge in [-0.25, -0.2) is 9.18 Å². The zero-order chi connectivity index (χ0) is 22.1. The minimum atomic E-state index is -0.557.